The lowest BCUT2D eigenvalue weighted by Gasteiger charge is -2.08. The highest BCUT2D eigenvalue weighted by atomic mass is 35.5. The maximum atomic E-state index is 12.2. The van der Waals surface area contributed by atoms with Gasteiger partial charge in [-0.05, 0) is 37.3 Å². The van der Waals surface area contributed by atoms with E-state index in [1.54, 1.807) is 14.0 Å². The summed E-state index contributed by atoms with van der Waals surface area (Å²) in [5.41, 5.74) is 1.52. The Hall–Kier alpha value is -2.29. The second-order valence-electron chi connectivity index (χ2n) is 5.43. The Bertz CT molecular complexity index is 962. The lowest BCUT2D eigenvalue weighted by molar-refractivity contribution is -0.113. The molecule has 10 heteroatoms. The molecule has 0 unspecified atom stereocenters. The highest BCUT2D eigenvalue weighted by molar-refractivity contribution is 7.99. The number of amides is 1. The molecule has 3 aromatic rings. The molecule has 0 radical (unpaired) electrons. The number of carbonyl (C=O) groups excluding carboxylic acids is 1. The first-order valence-electron chi connectivity index (χ1n) is 7.78. The fourth-order valence-electron chi connectivity index (χ4n) is 2.16. The molecular formula is C17H15Cl2N5O2S. The van der Waals surface area contributed by atoms with E-state index in [2.05, 4.69) is 25.5 Å². The lowest BCUT2D eigenvalue weighted by atomic mass is 10.2. The number of rotatable bonds is 6. The van der Waals surface area contributed by atoms with Gasteiger partial charge < -0.3 is 10.1 Å². The van der Waals surface area contributed by atoms with Crippen molar-refractivity contribution < 1.29 is 9.53 Å². The molecule has 0 spiro atoms. The topological polar surface area (TPSA) is 92.8 Å². The number of pyridine rings is 1. The summed E-state index contributed by atoms with van der Waals surface area (Å²) < 4.78 is 5.13. The first kappa shape index (κ1) is 19.5. The van der Waals surface area contributed by atoms with Gasteiger partial charge >= 0.3 is 0 Å². The Kier molecular flexibility index (Phi) is 6.20. The average Bonchev–Trinajstić information content (AvgIpc) is 3.13. The van der Waals surface area contributed by atoms with Gasteiger partial charge in [0.1, 0.15) is 16.7 Å². The molecule has 0 saturated heterocycles. The molecule has 140 valence electrons. The molecule has 0 saturated carbocycles. The van der Waals surface area contributed by atoms with Gasteiger partial charge in [-0.3, -0.25) is 9.89 Å². The molecule has 0 fully saturated rings. The van der Waals surface area contributed by atoms with Crippen molar-refractivity contribution in [1.29, 1.82) is 0 Å². The van der Waals surface area contributed by atoms with Gasteiger partial charge in [0.05, 0.1) is 17.9 Å². The van der Waals surface area contributed by atoms with Gasteiger partial charge in [-0.1, -0.05) is 35.0 Å². The van der Waals surface area contributed by atoms with Crippen molar-refractivity contribution in [3.63, 3.8) is 0 Å². The van der Waals surface area contributed by atoms with Crippen molar-refractivity contribution >= 4 is 46.7 Å². The number of nitrogens with one attached hydrogen (secondary N) is 2. The molecule has 0 aliphatic rings. The number of H-pyrrole nitrogens is 1. The Labute approximate surface area is 169 Å². The third kappa shape index (κ3) is 4.91. The van der Waals surface area contributed by atoms with Gasteiger partial charge in [-0.2, -0.15) is 0 Å². The van der Waals surface area contributed by atoms with Crippen LogP contribution in [0, 0.1) is 6.92 Å². The maximum Gasteiger partial charge on any atom is 0.236 e. The lowest BCUT2D eigenvalue weighted by Crippen LogP contribution is -2.16. The van der Waals surface area contributed by atoms with E-state index < -0.39 is 0 Å². The molecule has 2 N–H and O–H groups in total. The molecule has 2 heterocycles. The van der Waals surface area contributed by atoms with Crippen molar-refractivity contribution in [3.05, 3.63) is 46.1 Å². The molecular weight excluding hydrogens is 409 g/mol. The molecule has 27 heavy (non-hydrogen) atoms. The minimum atomic E-state index is -0.260. The van der Waals surface area contributed by atoms with E-state index in [0.717, 1.165) is 11.3 Å². The Morgan fingerprint density at radius 3 is 2.70 bits per heavy atom. The average molecular weight is 424 g/mol. The third-order valence-electron chi connectivity index (χ3n) is 3.60. The molecule has 0 aliphatic carbocycles. The van der Waals surface area contributed by atoms with E-state index in [1.165, 1.54) is 17.8 Å². The largest absolute Gasteiger partial charge is 0.497 e. The summed E-state index contributed by atoms with van der Waals surface area (Å²) in [6, 6.07) is 8.94. The Morgan fingerprint density at radius 2 is 2.00 bits per heavy atom. The number of nitrogens with zero attached hydrogens (tertiary/aromatic N) is 3. The van der Waals surface area contributed by atoms with Crippen LogP contribution in [0.2, 0.25) is 10.2 Å². The SMILES string of the molecule is COc1ccc(-c2nc(SCC(=O)Nc3nc(Cl)cc(Cl)c3C)n[nH]2)cc1. The van der Waals surface area contributed by atoms with E-state index in [-0.39, 0.29) is 16.8 Å². The van der Waals surface area contributed by atoms with Crippen LogP contribution in [-0.4, -0.2) is 38.9 Å². The second kappa shape index (κ2) is 8.60. The van der Waals surface area contributed by atoms with Crippen LogP contribution >= 0.6 is 35.0 Å². The van der Waals surface area contributed by atoms with Crippen LogP contribution in [0.4, 0.5) is 5.82 Å². The van der Waals surface area contributed by atoms with E-state index in [1.807, 2.05) is 24.3 Å². The number of hydrogen-bond acceptors (Lipinski definition) is 6. The quantitative estimate of drug-likeness (QED) is 0.455. The van der Waals surface area contributed by atoms with E-state index in [4.69, 9.17) is 27.9 Å². The van der Waals surface area contributed by atoms with Crippen LogP contribution in [0.1, 0.15) is 5.56 Å². The number of ether oxygens (including phenoxy) is 1. The Morgan fingerprint density at radius 1 is 1.26 bits per heavy atom. The fourth-order valence-corrected chi connectivity index (χ4v) is 3.20. The summed E-state index contributed by atoms with van der Waals surface area (Å²) in [4.78, 5) is 20.6. The Balaban J connectivity index is 1.60. The molecule has 3 rings (SSSR count). The van der Waals surface area contributed by atoms with Crippen LogP contribution in [0.15, 0.2) is 35.5 Å². The first-order valence-corrected chi connectivity index (χ1v) is 9.52. The van der Waals surface area contributed by atoms with Crippen LogP contribution < -0.4 is 10.1 Å². The minimum absolute atomic E-state index is 0.116. The zero-order valence-electron chi connectivity index (χ0n) is 14.4. The number of benzene rings is 1. The maximum absolute atomic E-state index is 12.2. The van der Waals surface area contributed by atoms with Crippen molar-refractivity contribution in [1.82, 2.24) is 20.2 Å². The van der Waals surface area contributed by atoms with Crippen LogP contribution in [0.5, 0.6) is 5.75 Å². The molecule has 7 nitrogen and oxygen atoms in total. The summed E-state index contributed by atoms with van der Waals surface area (Å²) in [7, 11) is 1.61. The number of hydrogen-bond donors (Lipinski definition) is 2. The highest BCUT2D eigenvalue weighted by Gasteiger charge is 2.13. The van der Waals surface area contributed by atoms with Gasteiger partial charge in [0, 0.05) is 11.1 Å². The van der Waals surface area contributed by atoms with E-state index in [0.29, 0.717) is 27.4 Å². The molecule has 1 aromatic carbocycles. The summed E-state index contributed by atoms with van der Waals surface area (Å²) in [5, 5.41) is 10.8. The number of thioether (sulfide) groups is 1. The third-order valence-corrected chi connectivity index (χ3v) is 5.03. The summed E-state index contributed by atoms with van der Waals surface area (Å²) >= 11 is 13.1. The number of halogens is 2. The zero-order valence-corrected chi connectivity index (χ0v) is 16.7. The second-order valence-corrected chi connectivity index (χ2v) is 7.17. The summed E-state index contributed by atoms with van der Waals surface area (Å²) in [6.07, 6.45) is 0. The molecule has 0 bridgehead atoms. The number of methoxy groups -OCH3 is 1. The van der Waals surface area contributed by atoms with Crippen molar-refractivity contribution in [2.75, 3.05) is 18.2 Å². The highest BCUT2D eigenvalue weighted by Crippen LogP contribution is 2.26. The monoisotopic (exact) mass is 423 g/mol. The normalized spacial score (nSPS) is 10.7. The van der Waals surface area contributed by atoms with Gasteiger partial charge in [0.25, 0.3) is 0 Å². The van der Waals surface area contributed by atoms with E-state index >= 15 is 0 Å². The predicted octanol–water partition coefficient (Wildman–Crippen LogP) is 4.22. The van der Waals surface area contributed by atoms with Crippen molar-refractivity contribution in [2.24, 2.45) is 0 Å². The number of aromatic nitrogens is 4. The number of aromatic amines is 1. The predicted molar refractivity (Wildman–Crippen MR) is 107 cm³/mol. The number of anilines is 1. The van der Waals surface area contributed by atoms with Crippen LogP contribution in [-0.2, 0) is 4.79 Å². The van der Waals surface area contributed by atoms with Gasteiger partial charge in [-0.25, -0.2) is 9.97 Å². The van der Waals surface area contributed by atoms with Gasteiger partial charge in [0.2, 0.25) is 11.1 Å². The number of carbonyl (C=O) groups is 1. The molecule has 2 aromatic heterocycles. The molecule has 1 amide bonds. The first-order chi connectivity index (χ1) is 13.0. The van der Waals surface area contributed by atoms with E-state index in [9.17, 15) is 4.79 Å². The summed E-state index contributed by atoms with van der Waals surface area (Å²) in [5.74, 6) is 1.57. The molecule has 0 aliphatic heterocycles. The molecule has 0 atom stereocenters. The van der Waals surface area contributed by atoms with Crippen molar-refractivity contribution in [2.45, 2.75) is 12.1 Å². The fraction of sp³-hybridized carbons (Fsp3) is 0.176. The minimum Gasteiger partial charge on any atom is -0.497 e. The standard InChI is InChI=1S/C17H15Cl2N5O2S/c1-9-12(18)7-13(19)20-15(9)21-14(25)8-27-17-22-16(23-24-17)10-3-5-11(26-2)6-4-10/h3-7H,8H2,1-2H3,(H,20,21,25)(H,22,23,24). The summed E-state index contributed by atoms with van der Waals surface area (Å²) in [6.45, 7) is 1.75. The van der Waals surface area contributed by atoms with Gasteiger partial charge in [-0.15, -0.1) is 5.10 Å². The van der Waals surface area contributed by atoms with Crippen LogP contribution in [0.25, 0.3) is 11.4 Å². The van der Waals surface area contributed by atoms with Crippen LogP contribution in [0.3, 0.4) is 0 Å². The van der Waals surface area contributed by atoms with Gasteiger partial charge in [0.15, 0.2) is 5.82 Å². The smallest absolute Gasteiger partial charge is 0.236 e. The van der Waals surface area contributed by atoms with Crippen molar-refractivity contribution in [3.8, 4) is 17.1 Å². The zero-order chi connectivity index (χ0) is 19.4.